The summed E-state index contributed by atoms with van der Waals surface area (Å²) < 4.78 is 18.7. The van der Waals surface area contributed by atoms with E-state index in [0.29, 0.717) is 18.9 Å². The molecule has 2 aromatic rings. The molecule has 0 atom stereocenters. The number of hydrogen-bond donors (Lipinski definition) is 1. The Morgan fingerprint density at radius 2 is 2.06 bits per heavy atom. The molecule has 0 unspecified atom stereocenters. The van der Waals surface area contributed by atoms with Gasteiger partial charge in [0, 0.05) is 12.7 Å². The molecule has 3 nitrogen and oxygen atoms in total. The first-order chi connectivity index (χ1) is 8.28. The molecule has 0 radical (unpaired) electrons. The number of pyridine rings is 1. The number of halogens is 1. The normalized spacial score (nSPS) is 10.2. The largest absolute Gasteiger partial charge is 0.487 e. The Kier molecular flexibility index (Phi) is 3.67. The highest BCUT2D eigenvalue weighted by Crippen LogP contribution is 2.13. The smallest absolute Gasteiger partial charge is 0.138 e. The van der Waals surface area contributed by atoms with E-state index < -0.39 is 0 Å². The molecule has 0 aliphatic heterocycles. The van der Waals surface area contributed by atoms with Gasteiger partial charge in [-0.25, -0.2) is 4.39 Å². The zero-order valence-corrected chi connectivity index (χ0v) is 9.27. The van der Waals surface area contributed by atoms with Crippen LogP contribution in [-0.2, 0) is 13.2 Å². The van der Waals surface area contributed by atoms with Crippen molar-refractivity contribution in [1.82, 2.24) is 4.98 Å². The van der Waals surface area contributed by atoms with E-state index in [1.165, 1.54) is 12.1 Å². The summed E-state index contributed by atoms with van der Waals surface area (Å²) in [6.07, 6.45) is 3.28. The van der Waals surface area contributed by atoms with Gasteiger partial charge in [-0.05, 0) is 35.4 Å². The summed E-state index contributed by atoms with van der Waals surface area (Å²) in [5, 5.41) is 0. The van der Waals surface area contributed by atoms with Crippen LogP contribution in [0.25, 0.3) is 0 Å². The van der Waals surface area contributed by atoms with Crippen LogP contribution in [0.2, 0.25) is 0 Å². The van der Waals surface area contributed by atoms with Crippen LogP contribution in [0.3, 0.4) is 0 Å². The van der Waals surface area contributed by atoms with Crippen LogP contribution in [-0.4, -0.2) is 4.98 Å². The Balaban J connectivity index is 2.06. The molecule has 0 aliphatic carbocycles. The van der Waals surface area contributed by atoms with Crippen molar-refractivity contribution in [3.63, 3.8) is 0 Å². The highest BCUT2D eigenvalue weighted by Gasteiger charge is 2.01. The fraction of sp³-hybridized carbons (Fsp3) is 0.154. The average molecular weight is 232 g/mol. The quantitative estimate of drug-likeness (QED) is 0.879. The third kappa shape index (κ3) is 3.26. The third-order valence-electron chi connectivity index (χ3n) is 2.29. The summed E-state index contributed by atoms with van der Waals surface area (Å²) in [6, 6.07) is 8.28. The molecule has 0 fully saturated rings. The van der Waals surface area contributed by atoms with Gasteiger partial charge in [0.2, 0.25) is 0 Å². The molecule has 0 saturated heterocycles. The van der Waals surface area contributed by atoms with E-state index in [-0.39, 0.29) is 5.82 Å². The minimum atomic E-state index is -0.294. The van der Waals surface area contributed by atoms with E-state index in [1.807, 2.05) is 6.07 Å². The second kappa shape index (κ2) is 5.41. The van der Waals surface area contributed by atoms with E-state index in [9.17, 15) is 4.39 Å². The van der Waals surface area contributed by atoms with Gasteiger partial charge < -0.3 is 10.5 Å². The van der Waals surface area contributed by atoms with E-state index >= 15 is 0 Å². The van der Waals surface area contributed by atoms with Gasteiger partial charge in [0.1, 0.15) is 18.2 Å². The van der Waals surface area contributed by atoms with Crippen molar-refractivity contribution >= 4 is 0 Å². The molecule has 4 heteroatoms. The number of benzene rings is 1. The van der Waals surface area contributed by atoms with Crippen LogP contribution in [0.1, 0.15) is 11.1 Å². The molecule has 1 heterocycles. The van der Waals surface area contributed by atoms with Crippen LogP contribution in [0.5, 0.6) is 5.75 Å². The predicted octanol–water partition coefficient (Wildman–Crippen LogP) is 2.26. The molecule has 88 valence electrons. The first kappa shape index (κ1) is 11.5. The Labute approximate surface area is 99.1 Å². The van der Waals surface area contributed by atoms with Gasteiger partial charge in [-0.2, -0.15) is 0 Å². The lowest BCUT2D eigenvalue weighted by molar-refractivity contribution is 0.304. The van der Waals surface area contributed by atoms with Crippen LogP contribution >= 0.6 is 0 Å². The van der Waals surface area contributed by atoms with Crippen molar-refractivity contribution in [2.45, 2.75) is 13.2 Å². The van der Waals surface area contributed by atoms with Gasteiger partial charge in [0.15, 0.2) is 0 Å². The second-order valence-electron chi connectivity index (χ2n) is 3.65. The topological polar surface area (TPSA) is 48.1 Å². The minimum absolute atomic E-state index is 0.294. The zero-order valence-electron chi connectivity index (χ0n) is 9.27. The van der Waals surface area contributed by atoms with Crippen molar-refractivity contribution < 1.29 is 9.13 Å². The van der Waals surface area contributed by atoms with E-state index in [1.54, 1.807) is 24.5 Å². The molecule has 2 N–H and O–H groups in total. The highest BCUT2D eigenvalue weighted by molar-refractivity contribution is 5.25. The van der Waals surface area contributed by atoms with Crippen molar-refractivity contribution in [3.8, 4) is 5.75 Å². The second-order valence-corrected chi connectivity index (χ2v) is 3.65. The van der Waals surface area contributed by atoms with Gasteiger partial charge in [0.05, 0.1) is 6.20 Å². The predicted molar refractivity (Wildman–Crippen MR) is 62.9 cm³/mol. The molecule has 0 saturated carbocycles. The van der Waals surface area contributed by atoms with Crippen LogP contribution in [0, 0.1) is 5.82 Å². The lowest BCUT2D eigenvalue weighted by Gasteiger charge is -2.07. The number of ether oxygens (including phenoxy) is 1. The molecular weight excluding hydrogens is 219 g/mol. The van der Waals surface area contributed by atoms with E-state index in [4.69, 9.17) is 10.5 Å². The Morgan fingerprint density at radius 1 is 1.24 bits per heavy atom. The van der Waals surface area contributed by atoms with Crippen LogP contribution < -0.4 is 10.5 Å². The maximum Gasteiger partial charge on any atom is 0.138 e. The molecule has 1 aromatic heterocycles. The molecule has 17 heavy (non-hydrogen) atoms. The summed E-state index contributed by atoms with van der Waals surface area (Å²) in [5.74, 6) is 0.365. The maximum atomic E-state index is 13.2. The SMILES string of the molecule is NCc1cc(F)cc(COc2cccnc2)c1. The summed E-state index contributed by atoms with van der Waals surface area (Å²) in [5.41, 5.74) is 7.00. The molecule has 0 bridgehead atoms. The molecule has 0 spiro atoms. The molecular formula is C13H13FN2O. The number of nitrogens with zero attached hydrogens (tertiary/aromatic N) is 1. The minimum Gasteiger partial charge on any atom is -0.487 e. The van der Waals surface area contributed by atoms with Gasteiger partial charge >= 0.3 is 0 Å². The molecule has 1 aromatic carbocycles. The Morgan fingerprint density at radius 3 is 2.76 bits per heavy atom. The summed E-state index contributed by atoms with van der Waals surface area (Å²) in [7, 11) is 0. The monoisotopic (exact) mass is 232 g/mol. The summed E-state index contributed by atoms with van der Waals surface area (Å²) >= 11 is 0. The number of rotatable bonds is 4. The number of nitrogens with two attached hydrogens (primary N) is 1. The van der Waals surface area contributed by atoms with Gasteiger partial charge in [0.25, 0.3) is 0 Å². The molecule has 0 aliphatic rings. The number of hydrogen-bond acceptors (Lipinski definition) is 3. The first-order valence-electron chi connectivity index (χ1n) is 5.29. The van der Waals surface area contributed by atoms with Gasteiger partial charge in [-0.1, -0.05) is 6.07 Å². The zero-order chi connectivity index (χ0) is 12.1. The van der Waals surface area contributed by atoms with Gasteiger partial charge in [-0.15, -0.1) is 0 Å². The van der Waals surface area contributed by atoms with Crippen LogP contribution in [0.15, 0.2) is 42.7 Å². The lowest BCUT2D eigenvalue weighted by atomic mass is 10.1. The Hall–Kier alpha value is -1.94. The van der Waals surface area contributed by atoms with Crippen molar-refractivity contribution in [2.24, 2.45) is 5.73 Å². The van der Waals surface area contributed by atoms with Crippen molar-refractivity contribution in [2.75, 3.05) is 0 Å². The highest BCUT2D eigenvalue weighted by atomic mass is 19.1. The molecule has 2 rings (SSSR count). The van der Waals surface area contributed by atoms with E-state index in [2.05, 4.69) is 4.98 Å². The fourth-order valence-electron chi connectivity index (χ4n) is 1.52. The first-order valence-corrected chi connectivity index (χ1v) is 5.29. The fourth-order valence-corrected chi connectivity index (χ4v) is 1.52. The van der Waals surface area contributed by atoms with E-state index in [0.717, 1.165) is 11.1 Å². The molecule has 0 amide bonds. The average Bonchev–Trinajstić information content (AvgIpc) is 2.37. The Bertz CT molecular complexity index is 488. The summed E-state index contributed by atoms with van der Waals surface area (Å²) in [4.78, 5) is 3.93. The van der Waals surface area contributed by atoms with Crippen molar-refractivity contribution in [1.29, 1.82) is 0 Å². The van der Waals surface area contributed by atoms with Gasteiger partial charge in [-0.3, -0.25) is 4.98 Å². The summed E-state index contributed by atoms with van der Waals surface area (Å²) in [6.45, 7) is 0.619. The third-order valence-corrected chi connectivity index (χ3v) is 2.29. The van der Waals surface area contributed by atoms with Crippen LogP contribution in [0.4, 0.5) is 4.39 Å². The van der Waals surface area contributed by atoms with Crippen molar-refractivity contribution in [3.05, 3.63) is 59.7 Å². The maximum absolute atomic E-state index is 13.2. The number of aromatic nitrogens is 1. The lowest BCUT2D eigenvalue weighted by Crippen LogP contribution is -2.01. The standard InChI is InChI=1S/C13H13FN2O/c14-12-5-10(7-15)4-11(6-12)9-17-13-2-1-3-16-8-13/h1-6,8H,7,9,15H2.